The molecule has 0 radical (unpaired) electrons. The van der Waals surface area contributed by atoms with E-state index in [-0.39, 0.29) is 30.7 Å². The Balaban J connectivity index is 0.00000242. The van der Waals surface area contributed by atoms with Crippen molar-refractivity contribution in [2.24, 2.45) is 5.92 Å². The summed E-state index contributed by atoms with van der Waals surface area (Å²) in [5.74, 6) is 1.73. The maximum Gasteiger partial charge on any atom is 0.255 e. The van der Waals surface area contributed by atoms with Crippen molar-refractivity contribution in [3.05, 3.63) is 23.9 Å². The second-order valence-corrected chi connectivity index (χ2v) is 5.93. The number of likely N-dealkylation sites (tertiary alicyclic amines) is 1. The molecule has 0 saturated carbocycles. The van der Waals surface area contributed by atoms with E-state index < -0.39 is 0 Å². The number of hydrogen-bond donors (Lipinski definition) is 1. The molecule has 1 fully saturated rings. The largest absolute Gasteiger partial charge is 0.363 e. The van der Waals surface area contributed by atoms with E-state index in [4.69, 9.17) is 0 Å². The average molecular weight is 363 g/mol. The minimum absolute atomic E-state index is 0. The fourth-order valence-electron chi connectivity index (χ4n) is 2.73. The normalized spacial score (nSPS) is 14.7. The maximum absolute atomic E-state index is 12.5. The zero-order valence-corrected chi connectivity index (χ0v) is 15.8. The Bertz CT molecular complexity index is 460. The number of hydrogen-bond acceptors (Lipinski definition) is 4. The van der Waals surface area contributed by atoms with Gasteiger partial charge in [-0.3, -0.25) is 4.79 Å². The Morgan fingerprint density at radius 2 is 1.96 bits per heavy atom. The first-order valence-corrected chi connectivity index (χ1v) is 7.69. The zero-order valence-electron chi connectivity index (χ0n) is 14.1. The van der Waals surface area contributed by atoms with E-state index in [1.165, 1.54) is 6.42 Å². The number of nitrogens with zero attached hydrogens (tertiary/aromatic N) is 3. The topological polar surface area (TPSA) is 48.5 Å². The highest BCUT2D eigenvalue weighted by Gasteiger charge is 2.23. The van der Waals surface area contributed by atoms with E-state index in [1.807, 2.05) is 43.1 Å². The minimum Gasteiger partial charge on any atom is -0.363 e. The lowest BCUT2D eigenvalue weighted by Crippen LogP contribution is -2.39. The van der Waals surface area contributed by atoms with Crippen molar-refractivity contribution in [2.75, 3.05) is 45.7 Å². The number of anilines is 1. The summed E-state index contributed by atoms with van der Waals surface area (Å²) in [6, 6.07) is 3.77. The molecule has 0 atom stereocenters. The lowest BCUT2D eigenvalue weighted by Gasteiger charge is -2.32. The average Bonchev–Trinajstić information content (AvgIpc) is 2.53. The third-order valence-corrected chi connectivity index (χ3v) is 4.16. The number of aromatic nitrogens is 1. The van der Waals surface area contributed by atoms with Gasteiger partial charge >= 0.3 is 0 Å². The van der Waals surface area contributed by atoms with Crippen LogP contribution in [0.25, 0.3) is 0 Å². The summed E-state index contributed by atoms with van der Waals surface area (Å²) in [6.07, 6.45) is 5.11. The van der Waals surface area contributed by atoms with Gasteiger partial charge in [-0.1, -0.05) is 0 Å². The van der Waals surface area contributed by atoms with Gasteiger partial charge in [0, 0.05) is 33.4 Å². The molecule has 1 aromatic rings. The Morgan fingerprint density at radius 3 is 2.43 bits per heavy atom. The van der Waals surface area contributed by atoms with Crippen LogP contribution in [0.15, 0.2) is 18.3 Å². The maximum atomic E-state index is 12.5. The highest BCUT2D eigenvalue weighted by Crippen LogP contribution is 2.21. The highest BCUT2D eigenvalue weighted by molar-refractivity contribution is 5.94. The molecular weight excluding hydrogens is 335 g/mol. The number of carbonyl (C=O) groups is 1. The Labute approximate surface area is 151 Å². The van der Waals surface area contributed by atoms with Crippen molar-refractivity contribution in [1.82, 2.24) is 15.2 Å². The van der Waals surface area contributed by atoms with Gasteiger partial charge in [-0.25, -0.2) is 4.98 Å². The fourth-order valence-corrected chi connectivity index (χ4v) is 2.73. The predicted molar refractivity (Wildman–Crippen MR) is 100 cm³/mol. The number of amides is 1. The van der Waals surface area contributed by atoms with E-state index >= 15 is 0 Å². The number of pyridine rings is 1. The van der Waals surface area contributed by atoms with Gasteiger partial charge in [-0.05, 0) is 50.9 Å². The van der Waals surface area contributed by atoms with Crippen LogP contribution in [-0.4, -0.2) is 56.6 Å². The molecule has 1 N–H and O–H groups in total. The first kappa shape index (κ1) is 22.0. The third-order valence-electron chi connectivity index (χ3n) is 4.16. The summed E-state index contributed by atoms with van der Waals surface area (Å²) < 4.78 is 0. The van der Waals surface area contributed by atoms with Gasteiger partial charge in [-0.15, -0.1) is 24.8 Å². The number of piperidine rings is 1. The first-order valence-electron chi connectivity index (χ1n) is 7.69. The summed E-state index contributed by atoms with van der Waals surface area (Å²) in [5.41, 5.74) is 0.689. The van der Waals surface area contributed by atoms with Crippen LogP contribution in [0.3, 0.4) is 0 Å². The molecule has 1 aliphatic rings. The van der Waals surface area contributed by atoms with E-state index in [9.17, 15) is 4.79 Å². The molecular formula is C16H28Cl2N4O. The number of carbonyl (C=O) groups excluding carboxylic acids is 1. The molecule has 1 aromatic heterocycles. The van der Waals surface area contributed by atoms with E-state index in [1.54, 1.807) is 6.20 Å². The molecule has 2 rings (SSSR count). The molecule has 1 aliphatic heterocycles. The highest BCUT2D eigenvalue weighted by atomic mass is 35.5. The second kappa shape index (κ2) is 10.7. The summed E-state index contributed by atoms with van der Waals surface area (Å²) in [6.45, 7) is 2.79. The van der Waals surface area contributed by atoms with Gasteiger partial charge in [0.05, 0.1) is 5.56 Å². The molecule has 0 aliphatic carbocycles. The van der Waals surface area contributed by atoms with Crippen molar-refractivity contribution < 1.29 is 4.79 Å². The first-order chi connectivity index (χ1) is 10.1. The smallest absolute Gasteiger partial charge is 0.255 e. The zero-order chi connectivity index (χ0) is 15.2. The third kappa shape index (κ3) is 6.16. The quantitative estimate of drug-likeness (QED) is 0.873. The molecule has 23 heavy (non-hydrogen) atoms. The molecule has 0 aromatic carbocycles. The second-order valence-electron chi connectivity index (χ2n) is 5.93. The molecule has 1 amide bonds. The van der Waals surface area contributed by atoms with Gasteiger partial charge in [0.2, 0.25) is 0 Å². The number of nitrogens with one attached hydrogen (secondary N) is 1. The van der Waals surface area contributed by atoms with Crippen molar-refractivity contribution >= 4 is 36.5 Å². The van der Waals surface area contributed by atoms with E-state index in [0.29, 0.717) is 5.56 Å². The molecule has 0 spiro atoms. The lowest BCUT2D eigenvalue weighted by atomic mass is 9.93. The van der Waals surface area contributed by atoms with Crippen LogP contribution in [0.2, 0.25) is 0 Å². The SMILES string of the molecule is CNCCC1CCN(C(=O)c2ccc(N(C)C)nc2)CC1.Cl.Cl. The lowest BCUT2D eigenvalue weighted by molar-refractivity contribution is 0.0686. The van der Waals surface area contributed by atoms with Crippen LogP contribution in [0.1, 0.15) is 29.6 Å². The van der Waals surface area contributed by atoms with Crippen molar-refractivity contribution in [3.8, 4) is 0 Å². The Morgan fingerprint density at radius 1 is 1.30 bits per heavy atom. The summed E-state index contributed by atoms with van der Waals surface area (Å²) in [7, 11) is 5.88. The van der Waals surface area contributed by atoms with Gasteiger partial charge < -0.3 is 15.1 Å². The Kier molecular flexibility index (Phi) is 10.2. The molecule has 0 unspecified atom stereocenters. The van der Waals surface area contributed by atoms with Crippen molar-refractivity contribution in [1.29, 1.82) is 0 Å². The molecule has 5 nitrogen and oxygen atoms in total. The molecule has 132 valence electrons. The van der Waals surface area contributed by atoms with Crippen LogP contribution in [-0.2, 0) is 0 Å². The van der Waals surface area contributed by atoms with Crippen molar-refractivity contribution in [2.45, 2.75) is 19.3 Å². The minimum atomic E-state index is 0. The molecule has 0 bridgehead atoms. The Hall–Kier alpha value is -1.04. The van der Waals surface area contributed by atoms with E-state index in [2.05, 4.69) is 10.3 Å². The number of halogens is 2. The number of rotatable bonds is 5. The van der Waals surface area contributed by atoms with E-state index in [0.717, 1.165) is 44.2 Å². The summed E-state index contributed by atoms with van der Waals surface area (Å²) in [5, 5.41) is 3.20. The van der Waals surface area contributed by atoms with Crippen LogP contribution >= 0.6 is 24.8 Å². The van der Waals surface area contributed by atoms with Crippen molar-refractivity contribution in [3.63, 3.8) is 0 Å². The monoisotopic (exact) mass is 362 g/mol. The molecule has 2 heterocycles. The fraction of sp³-hybridized carbons (Fsp3) is 0.625. The van der Waals surface area contributed by atoms with Gasteiger partial charge in [0.15, 0.2) is 0 Å². The van der Waals surface area contributed by atoms with Crippen LogP contribution < -0.4 is 10.2 Å². The van der Waals surface area contributed by atoms with Gasteiger partial charge in [0.1, 0.15) is 5.82 Å². The molecule has 1 saturated heterocycles. The van der Waals surface area contributed by atoms with Crippen LogP contribution in [0, 0.1) is 5.92 Å². The molecule has 7 heteroatoms. The predicted octanol–water partition coefficient (Wildman–Crippen LogP) is 2.45. The van der Waals surface area contributed by atoms with Crippen LogP contribution in [0.5, 0.6) is 0 Å². The van der Waals surface area contributed by atoms with Crippen LogP contribution in [0.4, 0.5) is 5.82 Å². The summed E-state index contributed by atoms with van der Waals surface area (Å²) >= 11 is 0. The van der Waals surface area contributed by atoms with Gasteiger partial charge in [-0.2, -0.15) is 0 Å². The standard InChI is InChI=1S/C16H26N4O.2ClH/c1-17-9-6-13-7-10-20(11-8-13)16(21)14-4-5-15(18-12-14)19(2)3;;/h4-5,12-13,17H,6-11H2,1-3H3;2*1H. The van der Waals surface area contributed by atoms with Gasteiger partial charge in [0.25, 0.3) is 5.91 Å². The summed E-state index contributed by atoms with van der Waals surface area (Å²) in [4.78, 5) is 20.7.